The SMILES string of the molecule is CC(=O)N[C@H]1[C@H](OC[C@H]2OC(O)[C@H](NC(C)=O)[C@@H](O[C@@H]3O[C@H](CO)[C@H](O)[C@H](O[C@@H]4O[C@H](CO)[C@@H](O[C@@H]5O[C@@H](C)[C@@H](O)[C@@H](O)[C@@H]5O)[C@H](O[C@@H]5O[C@H](CO)[C@H](O)[C@H](O)[C@H]5O[C@@H]5O[C@@H](C)[C@@H](O)[C@@H](O)[C@@H]5O)[C@H]4NC(C)=O)[C@H]3O)[C@H]2O)O[C@H](CO)[C@@H](O[C@@H]2O[C@H](CO)[C@H](O)[C@H](O)[C@H]2O)[C@@H]1O. The number of hydrogen-bond acceptors (Lipinski definition) is 39. The van der Waals surface area contributed by atoms with E-state index in [1.54, 1.807) is 0 Å². The molecule has 0 bridgehead atoms. The van der Waals surface area contributed by atoms with Crippen molar-refractivity contribution in [1.29, 1.82) is 0 Å². The summed E-state index contributed by atoms with van der Waals surface area (Å²) < 4.78 is 88.6. The predicted octanol–water partition coefficient (Wildman–Crippen LogP) is -16.0. The van der Waals surface area contributed by atoms with Crippen LogP contribution in [0, 0.1) is 0 Å². The molecular weight excluding hydrogens is 1310 g/mol. The van der Waals surface area contributed by atoms with Crippen molar-refractivity contribution in [2.24, 2.45) is 0 Å². The van der Waals surface area contributed by atoms with Gasteiger partial charge in [0.05, 0.1) is 51.8 Å². The first-order valence-corrected chi connectivity index (χ1v) is 30.8. The Kier molecular flexibility index (Phi) is 27.7. The molecule has 0 aliphatic carbocycles. The standard InChI is InChI=1S/C54H91N3O39/c1-12-26(66)33(73)37(77)50(83-12)92-42-21(10-62)90-49(25(57-16(5)65)44(42)94-54-46(36(76)29(69)18(7-59)88-54)96-51-38(78)34(74)27(67)13(2)84-51)95-45-30(70)19(8-60)87-53(40(45)80)93-43-24(56-15(4)64)47(81)85-22(31(43)71)11-82-48-23(55-14(3)63)32(72)41(20(9-61)89-48)91-52-39(79)35(75)28(68)17(6-58)86-52/h12-13,17-54,58-62,66-81H,6-11H2,1-5H3,(H,55,63)(H,56,64)(H,57,65)/t12-,13-,17+,18+,19+,20+,21+,22+,23+,24+,25+,26+,27+,28-,29-,30-,31-,32+,33+,34+,35-,36-,37-,38-,39+,40+,41+,42+,43+,44+,45-,46+,47?,48+,49-,50-,51-,52-,53-,54-/m0/s1. The van der Waals surface area contributed by atoms with Crippen LogP contribution in [0.15, 0.2) is 0 Å². The van der Waals surface area contributed by atoms with E-state index in [0.717, 1.165) is 20.8 Å². The number of hydrogen-bond donors (Lipinski definition) is 24. The zero-order valence-corrected chi connectivity index (χ0v) is 52.1. The Morgan fingerprint density at radius 1 is 0.292 bits per heavy atom. The molecule has 24 N–H and O–H groups in total. The normalized spacial score (nSPS) is 50.3. The highest BCUT2D eigenvalue weighted by Gasteiger charge is 2.60. The number of carbonyl (C=O) groups is 3. The van der Waals surface area contributed by atoms with E-state index in [0.29, 0.717) is 0 Å². The van der Waals surface area contributed by atoms with E-state index in [2.05, 4.69) is 16.0 Å². The number of ether oxygens (including phenoxy) is 15. The van der Waals surface area contributed by atoms with Crippen LogP contribution in [0.5, 0.6) is 0 Å². The molecule has 0 saturated carbocycles. The van der Waals surface area contributed by atoms with Crippen LogP contribution in [0.3, 0.4) is 0 Å². The molecule has 8 heterocycles. The van der Waals surface area contributed by atoms with Gasteiger partial charge in [-0.15, -0.1) is 0 Å². The number of nitrogens with one attached hydrogen (secondary N) is 3. The topological polar surface area (TPSA) is 651 Å². The lowest BCUT2D eigenvalue weighted by molar-refractivity contribution is -0.399. The smallest absolute Gasteiger partial charge is 0.217 e. The molecule has 1 unspecified atom stereocenters. The summed E-state index contributed by atoms with van der Waals surface area (Å²) in [6, 6.07) is -5.48. The minimum absolute atomic E-state index is 0.814. The first-order chi connectivity index (χ1) is 45.3. The van der Waals surface area contributed by atoms with Crippen LogP contribution in [0.4, 0.5) is 0 Å². The summed E-state index contributed by atoms with van der Waals surface area (Å²) in [5.41, 5.74) is 0. The van der Waals surface area contributed by atoms with Crippen molar-refractivity contribution in [1.82, 2.24) is 16.0 Å². The monoisotopic (exact) mass is 1410 g/mol. The third-order valence-corrected chi connectivity index (χ3v) is 17.8. The summed E-state index contributed by atoms with van der Waals surface area (Å²) in [5.74, 6) is -2.66. The van der Waals surface area contributed by atoms with E-state index >= 15 is 0 Å². The van der Waals surface area contributed by atoms with Crippen molar-refractivity contribution >= 4 is 17.7 Å². The highest BCUT2D eigenvalue weighted by atomic mass is 16.8. The van der Waals surface area contributed by atoms with Gasteiger partial charge in [-0.05, 0) is 13.8 Å². The molecule has 0 aromatic heterocycles. The number of amides is 3. The van der Waals surface area contributed by atoms with Gasteiger partial charge in [-0.2, -0.15) is 0 Å². The van der Waals surface area contributed by atoms with Crippen LogP contribution in [0.2, 0.25) is 0 Å². The van der Waals surface area contributed by atoms with Gasteiger partial charge in [0, 0.05) is 20.8 Å². The molecule has 0 spiro atoms. The lowest BCUT2D eigenvalue weighted by Crippen LogP contribution is -2.72. The fraction of sp³-hybridized carbons (Fsp3) is 0.944. The molecule has 8 aliphatic rings. The third kappa shape index (κ3) is 17.0. The van der Waals surface area contributed by atoms with Crippen molar-refractivity contribution in [3.8, 4) is 0 Å². The Balaban J connectivity index is 1.08. The van der Waals surface area contributed by atoms with Gasteiger partial charge in [0.2, 0.25) is 17.7 Å². The average molecular weight is 1410 g/mol. The van der Waals surface area contributed by atoms with Gasteiger partial charge in [0.25, 0.3) is 0 Å². The largest absolute Gasteiger partial charge is 0.394 e. The maximum atomic E-state index is 13.4. The Morgan fingerprint density at radius 3 is 1.18 bits per heavy atom. The summed E-state index contributed by atoms with van der Waals surface area (Å²) in [4.78, 5) is 38.7. The van der Waals surface area contributed by atoms with Crippen LogP contribution in [-0.2, 0) is 85.4 Å². The molecule has 556 valence electrons. The minimum atomic E-state index is -2.39. The maximum Gasteiger partial charge on any atom is 0.217 e. The Labute approximate surface area is 545 Å². The van der Waals surface area contributed by atoms with E-state index in [4.69, 9.17) is 71.1 Å². The zero-order valence-electron chi connectivity index (χ0n) is 52.1. The van der Waals surface area contributed by atoms with Crippen LogP contribution in [0.25, 0.3) is 0 Å². The van der Waals surface area contributed by atoms with Gasteiger partial charge in [0.15, 0.2) is 50.3 Å². The molecule has 42 nitrogen and oxygen atoms in total. The maximum absolute atomic E-state index is 13.4. The van der Waals surface area contributed by atoms with E-state index < -0.39 is 303 Å². The van der Waals surface area contributed by atoms with Crippen molar-refractivity contribution < 1.29 is 193 Å². The Hall–Kier alpha value is -3.03. The first kappa shape index (κ1) is 78.7. The van der Waals surface area contributed by atoms with Crippen molar-refractivity contribution in [2.45, 2.75) is 280 Å². The van der Waals surface area contributed by atoms with E-state index in [1.807, 2.05) is 0 Å². The Bertz CT molecular complexity index is 2470. The summed E-state index contributed by atoms with van der Waals surface area (Å²) in [7, 11) is 0. The molecule has 0 aromatic rings. The highest BCUT2D eigenvalue weighted by Crippen LogP contribution is 2.39. The third-order valence-electron chi connectivity index (χ3n) is 17.8. The van der Waals surface area contributed by atoms with E-state index in [-0.39, 0.29) is 0 Å². The van der Waals surface area contributed by atoms with Gasteiger partial charge in [-0.1, -0.05) is 0 Å². The van der Waals surface area contributed by atoms with Crippen molar-refractivity contribution in [3.63, 3.8) is 0 Å². The molecule has 8 fully saturated rings. The lowest BCUT2D eigenvalue weighted by atomic mass is 9.93. The van der Waals surface area contributed by atoms with Crippen LogP contribution < -0.4 is 16.0 Å². The quantitative estimate of drug-likeness (QED) is 0.0452. The lowest BCUT2D eigenvalue weighted by Gasteiger charge is -2.52. The summed E-state index contributed by atoms with van der Waals surface area (Å²) in [6.45, 7) is -0.605. The number of aliphatic hydroxyl groups is 21. The molecule has 8 aliphatic heterocycles. The Morgan fingerprint density at radius 2 is 0.656 bits per heavy atom. The molecule has 3 amide bonds. The second-order valence-electron chi connectivity index (χ2n) is 24.6. The first-order valence-electron chi connectivity index (χ1n) is 30.8. The fourth-order valence-electron chi connectivity index (χ4n) is 12.5. The number of carbonyl (C=O) groups excluding carboxylic acids is 3. The number of rotatable bonds is 23. The molecule has 40 atom stereocenters. The summed E-state index contributed by atoms with van der Waals surface area (Å²) in [6.07, 6.45) is -71.7. The van der Waals surface area contributed by atoms with Crippen LogP contribution in [0.1, 0.15) is 34.6 Å². The average Bonchev–Trinajstić information content (AvgIpc) is 0.768. The van der Waals surface area contributed by atoms with Crippen LogP contribution in [-0.4, -0.2) is 410 Å². The van der Waals surface area contributed by atoms with Gasteiger partial charge in [0.1, 0.15) is 183 Å². The van der Waals surface area contributed by atoms with Gasteiger partial charge in [-0.25, -0.2) is 0 Å². The second kappa shape index (κ2) is 33.8. The minimum Gasteiger partial charge on any atom is -0.394 e. The zero-order chi connectivity index (χ0) is 70.8. The van der Waals surface area contributed by atoms with Gasteiger partial charge < -0.3 is 194 Å². The van der Waals surface area contributed by atoms with Gasteiger partial charge >= 0.3 is 0 Å². The molecular formula is C54H91N3O39. The molecule has 96 heavy (non-hydrogen) atoms. The molecule has 8 saturated heterocycles. The fourth-order valence-corrected chi connectivity index (χ4v) is 12.5. The predicted molar refractivity (Wildman–Crippen MR) is 296 cm³/mol. The molecule has 0 radical (unpaired) electrons. The molecule has 42 heteroatoms. The second-order valence-corrected chi connectivity index (χ2v) is 24.6. The molecule has 8 rings (SSSR count). The summed E-state index contributed by atoms with van der Waals surface area (Å²) in [5, 5.41) is 237. The number of aliphatic hydroxyl groups excluding tert-OH is 21. The molecule has 0 aromatic carbocycles. The van der Waals surface area contributed by atoms with E-state index in [9.17, 15) is 122 Å². The van der Waals surface area contributed by atoms with Crippen molar-refractivity contribution in [2.75, 3.05) is 39.6 Å². The summed E-state index contributed by atoms with van der Waals surface area (Å²) >= 11 is 0. The van der Waals surface area contributed by atoms with Gasteiger partial charge in [-0.3, -0.25) is 14.4 Å². The van der Waals surface area contributed by atoms with Crippen LogP contribution >= 0.6 is 0 Å². The van der Waals surface area contributed by atoms with E-state index in [1.165, 1.54) is 13.8 Å². The highest BCUT2D eigenvalue weighted by molar-refractivity contribution is 5.74. The van der Waals surface area contributed by atoms with Crippen molar-refractivity contribution in [3.05, 3.63) is 0 Å².